The van der Waals surface area contributed by atoms with Crippen LogP contribution in [-0.4, -0.2) is 47.4 Å². The number of aliphatic imine (C=N–C) groups is 1. The third kappa shape index (κ3) is 4.87. The number of ether oxygens (including phenoxy) is 1. The minimum atomic E-state index is 0. The molecule has 3 heterocycles. The van der Waals surface area contributed by atoms with Gasteiger partial charge < -0.3 is 15.4 Å². The number of nitrogens with zero attached hydrogens (tertiary/aromatic N) is 4. The van der Waals surface area contributed by atoms with E-state index in [4.69, 9.17) is 4.74 Å². The molecule has 2 aromatic heterocycles. The van der Waals surface area contributed by atoms with E-state index < -0.39 is 0 Å². The maximum absolute atomic E-state index is 5.63. The highest BCUT2D eigenvalue weighted by Crippen LogP contribution is 2.34. The number of rotatable bonds is 5. The lowest BCUT2D eigenvalue weighted by Crippen LogP contribution is -2.48. The molecule has 0 aliphatic carbocycles. The maximum Gasteiger partial charge on any atom is 0.191 e. The molecule has 0 radical (unpaired) electrons. The fourth-order valence-corrected chi connectivity index (χ4v) is 3.77. The molecule has 0 saturated carbocycles. The summed E-state index contributed by atoms with van der Waals surface area (Å²) in [6, 6.07) is 16.6. The van der Waals surface area contributed by atoms with Crippen LogP contribution in [0.1, 0.15) is 24.2 Å². The van der Waals surface area contributed by atoms with Gasteiger partial charge >= 0.3 is 0 Å². The molecule has 1 aliphatic heterocycles. The van der Waals surface area contributed by atoms with Gasteiger partial charge in [-0.15, -0.1) is 34.2 Å². The molecule has 3 aromatic rings. The first-order valence-corrected chi connectivity index (χ1v) is 9.67. The van der Waals surface area contributed by atoms with Crippen LogP contribution in [0, 0.1) is 0 Å². The summed E-state index contributed by atoms with van der Waals surface area (Å²) in [5, 5.41) is 15.3. The van der Waals surface area contributed by atoms with Crippen molar-refractivity contribution < 1.29 is 4.74 Å². The van der Waals surface area contributed by atoms with Crippen LogP contribution in [0.4, 0.5) is 0 Å². The van der Waals surface area contributed by atoms with E-state index in [9.17, 15) is 0 Å². The van der Waals surface area contributed by atoms with E-state index in [0.717, 1.165) is 50.0 Å². The molecule has 154 valence electrons. The van der Waals surface area contributed by atoms with E-state index in [-0.39, 0.29) is 29.4 Å². The monoisotopic (exact) mass is 506 g/mol. The molecule has 0 atom stereocenters. The van der Waals surface area contributed by atoms with Crippen molar-refractivity contribution in [3.63, 3.8) is 0 Å². The average molecular weight is 506 g/mol. The number of aromatic nitrogens is 3. The normalized spacial score (nSPS) is 16.2. The van der Waals surface area contributed by atoms with E-state index in [1.54, 1.807) is 7.05 Å². The molecule has 0 spiro atoms. The van der Waals surface area contributed by atoms with E-state index in [1.807, 2.05) is 28.8 Å². The van der Waals surface area contributed by atoms with Gasteiger partial charge in [-0.25, -0.2) is 0 Å². The zero-order valence-corrected chi connectivity index (χ0v) is 18.9. The van der Waals surface area contributed by atoms with Gasteiger partial charge in [0.15, 0.2) is 17.4 Å². The number of hydrogen-bond acceptors (Lipinski definition) is 4. The lowest BCUT2D eigenvalue weighted by molar-refractivity contribution is 0.0514. The number of pyridine rings is 1. The number of halogens is 1. The second-order valence-electron chi connectivity index (χ2n) is 7.08. The molecule has 1 aromatic carbocycles. The number of hydrogen-bond donors (Lipinski definition) is 2. The Morgan fingerprint density at radius 1 is 1.07 bits per heavy atom. The highest BCUT2D eigenvalue weighted by Gasteiger charge is 2.34. The largest absolute Gasteiger partial charge is 0.381 e. The first kappa shape index (κ1) is 21.5. The molecule has 7 nitrogen and oxygen atoms in total. The first-order chi connectivity index (χ1) is 13.8. The van der Waals surface area contributed by atoms with Crippen molar-refractivity contribution in [2.24, 2.45) is 4.99 Å². The Hall–Kier alpha value is -2.20. The Morgan fingerprint density at radius 3 is 2.59 bits per heavy atom. The fourth-order valence-electron chi connectivity index (χ4n) is 3.77. The predicted molar refractivity (Wildman–Crippen MR) is 125 cm³/mol. The van der Waals surface area contributed by atoms with Crippen LogP contribution < -0.4 is 10.6 Å². The summed E-state index contributed by atoms with van der Waals surface area (Å²) in [7, 11) is 1.79. The van der Waals surface area contributed by atoms with Gasteiger partial charge in [-0.3, -0.25) is 9.39 Å². The molecule has 1 saturated heterocycles. The Morgan fingerprint density at radius 2 is 1.83 bits per heavy atom. The fraction of sp³-hybridized carbons (Fsp3) is 0.381. The second-order valence-corrected chi connectivity index (χ2v) is 7.08. The topological polar surface area (TPSA) is 75.8 Å². The number of nitrogens with one attached hydrogen (secondary N) is 2. The van der Waals surface area contributed by atoms with Crippen molar-refractivity contribution in [1.29, 1.82) is 0 Å². The highest BCUT2D eigenvalue weighted by atomic mass is 127. The zero-order chi connectivity index (χ0) is 19.2. The van der Waals surface area contributed by atoms with Crippen LogP contribution >= 0.6 is 24.0 Å². The lowest BCUT2D eigenvalue weighted by Gasteiger charge is -2.38. The number of guanidine groups is 1. The van der Waals surface area contributed by atoms with Crippen molar-refractivity contribution in [2.45, 2.75) is 24.8 Å². The van der Waals surface area contributed by atoms with Gasteiger partial charge in [-0.1, -0.05) is 36.4 Å². The Kier molecular flexibility index (Phi) is 7.43. The summed E-state index contributed by atoms with van der Waals surface area (Å²) in [4.78, 5) is 4.38. The summed E-state index contributed by atoms with van der Waals surface area (Å²) in [5.74, 6) is 1.61. The summed E-state index contributed by atoms with van der Waals surface area (Å²) < 4.78 is 7.60. The van der Waals surface area contributed by atoms with Crippen molar-refractivity contribution in [1.82, 2.24) is 25.2 Å². The minimum absolute atomic E-state index is 0. The average Bonchev–Trinajstić information content (AvgIpc) is 3.18. The quantitative estimate of drug-likeness (QED) is 0.316. The van der Waals surface area contributed by atoms with Crippen LogP contribution in [-0.2, 0) is 16.7 Å². The van der Waals surface area contributed by atoms with Crippen molar-refractivity contribution in [3.8, 4) is 0 Å². The third-order valence-electron chi connectivity index (χ3n) is 5.45. The highest BCUT2D eigenvalue weighted by molar-refractivity contribution is 14.0. The van der Waals surface area contributed by atoms with Crippen LogP contribution in [0.15, 0.2) is 59.7 Å². The van der Waals surface area contributed by atoms with Gasteiger partial charge in [0.2, 0.25) is 0 Å². The molecule has 4 rings (SSSR count). The van der Waals surface area contributed by atoms with Gasteiger partial charge in [-0.2, -0.15) is 0 Å². The van der Waals surface area contributed by atoms with Crippen molar-refractivity contribution >= 4 is 35.6 Å². The van der Waals surface area contributed by atoms with E-state index in [1.165, 1.54) is 5.56 Å². The molecule has 29 heavy (non-hydrogen) atoms. The number of benzene rings is 1. The van der Waals surface area contributed by atoms with Crippen molar-refractivity contribution in [3.05, 3.63) is 66.1 Å². The minimum Gasteiger partial charge on any atom is -0.381 e. The SMILES string of the molecule is CN=C(NCc1nnc2ccccn12)NCC1(c2ccccc2)CCOCC1.I. The molecule has 2 N–H and O–H groups in total. The van der Waals surface area contributed by atoms with Gasteiger partial charge in [0.25, 0.3) is 0 Å². The van der Waals surface area contributed by atoms with Gasteiger partial charge in [0.1, 0.15) is 0 Å². The Bertz CT molecular complexity index is 937. The summed E-state index contributed by atoms with van der Waals surface area (Å²) in [5.41, 5.74) is 2.25. The molecular weight excluding hydrogens is 479 g/mol. The smallest absolute Gasteiger partial charge is 0.191 e. The Labute approximate surface area is 188 Å². The van der Waals surface area contributed by atoms with Gasteiger partial charge in [-0.05, 0) is 30.5 Å². The van der Waals surface area contributed by atoms with E-state index in [2.05, 4.69) is 56.2 Å². The van der Waals surface area contributed by atoms with Crippen LogP contribution in [0.2, 0.25) is 0 Å². The molecule has 0 amide bonds. The van der Waals surface area contributed by atoms with Crippen molar-refractivity contribution in [2.75, 3.05) is 26.8 Å². The third-order valence-corrected chi connectivity index (χ3v) is 5.45. The molecular formula is C21H27IN6O. The molecule has 8 heteroatoms. The van der Waals surface area contributed by atoms with Gasteiger partial charge in [0.05, 0.1) is 6.54 Å². The van der Waals surface area contributed by atoms with E-state index >= 15 is 0 Å². The van der Waals surface area contributed by atoms with Crippen LogP contribution in [0.3, 0.4) is 0 Å². The standard InChI is InChI=1S/C21H26N6O.HI/c1-22-20(23-15-19-26-25-18-9-5-6-12-27(18)19)24-16-21(10-13-28-14-11-21)17-7-3-2-4-8-17;/h2-9,12H,10-11,13-16H2,1H3,(H2,22,23,24);1H. The van der Waals surface area contributed by atoms with Crippen LogP contribution in [0.25, 0.3) is 5.65 Å². The predicted octanol–water partition coefficient (Wildman–Crippen LogP) is 2.76. The van der Waals surface area contributed by atoms with Crippen LogP contribution in [0.5, 0.6) is 0 Å². The van der Waals surface area contributed by atoms with Gasteiger partial charge in [0, 0.05) is 38.4 Å². The summed E-state index contributed by atoms with van der Waals surface area (Å²) >= 11 is 0. The molecule has 0 unspecified atom stereocenters. The molecule has 1 fully saturated rings. The zero-order valence-electron chi connectivity index (χ0n) is 16.5. The summed E-state index contributed by atoms with van der Waals surface area (Å²) in [6.07, 6.45) is 3.96. The molecule has 0 bridgehead atoms. The van der Waals surface area contributed by atoms with E-state index in [0.29, 0.717) is 6.54 Å². The first-order valence-electron chi connectivity index (χ1n) is 9.67. The number of fused-ring (bicyclic) bond motifs is 1. The molecule has 1 aliphatic rings. The Balaban J connectivity index is 0.00000240. The lowest BCUT2D eigenvalue weighted by atomic mass is 9.74. The second kappa shape index (κ2) is 10.0. The summed E-state index contributed by atoms with van der Waals surface area (Å²) in [6.45, 7) is 2.93. The maximum atomic E-state index is 5.63.